The van der Waals surface area contributed by atoms with Gasteiger partial charge in [-0.05, 0) is 46.1 Å². The van der Waals surface area contributed by atoms with Crippen LogP contribution in [0.25, 0.3) is 0 Å². The molecule has 0 spiro atoms. The first kappa shape index (κ1) is 19.4. The SMILES string of the molecule is CCC1(OCc2ccc(OC)nn2)CCN(C(=O)OC(C)(C)C)CC1. The van der Waals surface area contributed by atoms with Crippen LogP contribution in [-0.2, 0) is 16.1 Å². The van der Waals surface area contributed by atoms with Crippen molar-refractivity contribution >= 4 is 6.09 Å². The number of amides is 1. The van der Waals surface area contributed by atoms with E-state index in [-0.39, 0.29) is 11.7 Å². The van der Waals surface area contributed by atoms with Crippen molar-refractivity contribution in [3.8, 4) is 5.88 Å². The Balaban J connectivity index is 1.88. The fraction of sp³-hybridized carbons (Fsp3) is 0.722. The number of hydrogen-bond acceptors (Lipinski definition) is 6. The molecule has 1 aromatic rings. The molecule has 2 heterocycles. The summed E-state index contributed by atoms with van der Waals surface area (Å²) in [5.41, 5.74) is 0.0585. The van der Waals surface area contributed by atoms with Gasteiger partial charge in [-0.2, -0.15) is 0 Å². The quantitative estimate of drug-likeness (QED) is 0.811. The average molecular weight is 351 g/mol. The van der Waals surface area contributed by atoms with Crippen molar-refractivity contribution < 1.29 is 19.0 Å². The van der Waals surface area contributed by atoms with Crippen LogP contribution in [0.1, 0.15) is 52.7 Å². The molecule has 7 heteroatoms. The molecule has 0 bridgehead atoms. The maximum Gasteiger partial charge on any atom is 0.410 e. The molecule has 0 aromatic carbocycles. The second-order valence-corrected chi connectivity index (χ2v) is 7.36. The molecule has 1 fully saturated rings. The normalized spacial score (nSPS) is 17.2. The van der Waals surface area contributed by atoms with Gasteiger partial charge in [-0.3, -0.25) is 0 Å². The number of hydrogen-bond donors (Lipinski definition) is 0. The van der Waals surface area contributed by atoms with Gasteiger partial charge in [0.1, 0.15) is 5.60 Å². The van der Waals surface area contributed by atoms with Gasteiger partial charge in [-0.1, -0.05) is 6.92 Å². The van der Waals surface area contributed by atoms with E-state index in [1.807, 2.05) is 26.8 Å². The van der Waals surface area contributed by atoms with Crippen LogP contribution in [0.15, 0.2) is 12.1 Å². The summed E-state index contributed by atoms with van der Waals surface area (Å²) in [6.07, 6.45) is 2.20. The Morgan fingerprint density at radius 3 is 2.40 bits per heavy atom. The number of carbonyl (C=O) groups excluding carboxylic acids is 1. The number of aromatic nitrogens is 2. The lowest BCUT2D eigenvalue weighted by atomic mass is 9.88. The van der Waals surface area contributed by atoms with Crippen LogP contribution in [0.2, 0.25) is 0 Å². The van der Waals surface area contributed by atoms with Crippen LogP contribution in [0.4, 0.5) is 4.79 Å². The molecule has 1 aliphatic heterocycles. The van der Waals surface area contributed by atoms with Gasteiger partial charge in [-0.25, -0.2) is 4.79 Å². The van der Waals surface area contributed by atoms with Crippen LogP contribution in [0.5, 0.6) is 5.88 Å². The topological polar surface area (TPSA) is 73.8 Å². The molecule has 0 N–H and O–H groups in total. The van der Waals surface area contributed by atoms with E-state index in [0.29, 0.717) is 25.6 Å². The molecule has 0 aliphatic carbocycles. The van der Waals surface area contributed by atoms with E-state index in [4.69, 9.17) is 14.2 Å². The molecular weight excluding hydrogens is 322 g/mol. The predicted octanol–water partition coefficient (Wildman–Crippen LogP) is 3.18. The average Bonchev–Trinajstić information content (AvgIpc) is 2.59. The maximum atomic E-state index is 12.2. The van der Waals surface area contributed by atoms with Crippen molar-refractivity contribution in [3.05, 3.63) is 17.8 Å². The molecule has 0 saturated carbocycles. The molecule has 1 aromatic heterocycles. The molecule has 1 aliphatic rings. The summed E-state index contributed by atoms with van der Waals surface area (Å²) < 4.78 is 16.6. The van der Waals surface area contributed by atoms with Gasteiger partial charge >= 0.3 is 6.09 Å². The van der Waals surface area contributed by atoms with E-state index in [0.717, 1.165) is 25.0 Å². The molecule has 25 heavy (non-hydrogen) atoms. The maximum absolute atomic E-state index is 12.2. The second-order valence-electron chi connectivity index (χ2n) is 7.36. The van der Waals surface area contributed by atoms with Crippen molar-refractivity contribution in [2.45, 2.75) is 64.8 Å². The highest BCUT2D eigenvalue weighted by molar-refractivity contribution is 5.68. The van der Waals surface area contributed by atoms with Crippen LogP contribution in [-0.4, -0.2) is 52.6 Å². The highest BCUT2D eigenvalue weighted by Gasteiger charge is 2.36. The number of nitrogens with zero attached hydrogens (tertiary/aromatic N) is 3. The van der Waals surface area contributed by atoms with Crippen molar-refractivity contribution in [2.75, 3.05) is 20.2 Å². The first-order valence-corrected chi connectivity index (χ1v) is 8.75. The Bertz CT molecular complexity index is 561. The Morgan fingerprint density at radius 1 is 1.24 bits per heavy atom. The zero-order valence-electron chi connectivity index (χ0n) is 15.9. The zero-order valence-corrected chi connectivity index (χ0v) is 15.9. The van der Waals surface area contributed by atoms with E-state index in [1.54, 1.807) is 18.1 Å². The molecule has 0 atom stereocenters. The van der Waals surface area contributed by atoms with Gasteiger partial charge in [0.05, 0.1) is 25.0 Å². The van der Waals surface area contributed by atoms with Gasteiger partial charge in [-0.15, -0.1) is 10.2 Å². The highest BCUT2D eigenvalue weighted by Crippen LogP contribution is 2.31. The van der Waals surface area contributed by atoms with E-state index in [1.165, 1.54) is 0 Å². The molecule has 140 valence electrons. The lowest BCUT2D eigenvalue weighted by Gasteiger charge is -2.41. The highest BCUT2D eigenvalue weighted by atomic mass is 16.6. The minimum Gasteiger partial charge on any atom is -0.480 e. The molecule has 2 rings (SSSR count). The number of rotatable bonds is 5. The van der Waals surface area contributed by atoms with Gasteiger partial charge in [0.2, 0.25) is 5.88 Å². The summed E-state index contributed by atoms with van der Waals surface area (Å²) in [4.78, 5) is 13.9. The summed E-state index contributed by atoms with van der Waals surface area (Å²) in [5, 5.41) is 8.06. The summed E-state index contributed by atoms with van der Waals surface area (Å²) in [6.45, 7) is 9.42. The molecule has 7 nitrogen and oxygen atoms in total. The summed E-state index contributed by atoms with van der Waals surface area (Å²) in [6, 6.07) is 3.63. The third kappa shape index (κ3) is 5.56. The minimum absolute atomic E-state index is 0.236. The van der Waals surface area contributed by atoms with Crippen LogP contribution < -0.4 is 4.74 Å². The lowest BCUT2D eigenvalue weighted by molar-refractivity contribution is -0.0965. The molecule has 1 saturated heterocycles. The van der Waals surface area contributed by atoms with Gasteiger partial charge < -0.3 is 19.1 Å². The van der Waals surface area contributed by atoms with Crippen molar-refractivity contribution in [1.29, 1.82) is 0 Å². The lowest BCUT2D eigenvalue weighted by Crippen LogP contribution is -2.49. The molecule has 0 unspecified atom stereocenters. The monoisotopic (exact) mass is 351 g/mol. The Kier molecular flexibility index (Phi) is 6.21. The minimum atomic E-state index is -0.472. The predicted molar refractivity (Wildman–Crippen MR) is 93.4 cm³/mol. The van der Waals surface area contributed by atoms with E-state index in [9.17, 15) is 4.79 Å². The van der Waals surface area contributed by atoms with Crippen molar-refractivity contribution in [2.24, 2.45) is 0 Å². The molecule has 0 radical (unpaired) electrons. The Morgan fingerprint density at radius 2 is 1.92 bits per heavy atom. The van der Waals surface area contributed by atoms with E-state index >= 15 is 0 Å². The van der Waals surface area contributed by atoms with Crippen LogP contribution >= 0.6 is 0 Å². The van der Waals surface area contributed by atoms with Gasteiger partial charge in [0, 0.05) is 19.2 Å². The standard InChI is InChI=1S/C18H29N3O4/c1-6-18(24-13-14-7-8-15(23-5)20-19-14)9-11-21(12-10-18)16(22)25-17(2,3)4/h7-8H,6,9-13H2,1-5H3. The fourth-order valence-corrected chi connectivity index (χ4v) is 2.78. The first-order valence-electron chi connectivity index (χ1n) is 8.75. The smallest absolute Gasteiger partial charge is 0.410 e. The van der Waals surface area contributed by atoms with Gasteiger partial charge in [0.25, 0.3) is 0 Å². The summed E-state index contributed by atoms with van der Waals surface area (Å²) in [7, 11) is 1.56. The van der Waals surface area contributed by atoms with Gasteiger partial charge in [0.15, 0.2) is 0 Å². The van der Waals surface area contributed by atoms with Crippen molar-refractivity contribution in [1.82, 2.24) is 15.1 Å². The Hall–Kier alpha value is -1.89. The number of likely N-dealkylation sites (tertiary alicyclic amines) is 1. The summed E-state index contributed by atoms with van der Waals surface area (Å²) in [5.74, 6) is 0.486. The number of piperidine rings is 1. The third-order valence-electron chi connectivity index (χ3n) is 4.40. The first-order chi connectivity index (χ1) is 11.8. The fourth-order valence-electron chi connectivity index (χ4n) is 2.78. The zero-order chi connectivity index (χ0) is 18.5. The summed E-state index contributed by atoms with van der Waals surface area (Å²) >= 11 is 0. The Labute approximate surface area is 149 Å². The number of methoxy groups -OCH3 is 1. The molecule has 1 amide bonds. The van der Waals surface area contributed by atoms with Crippen molar-refractivity contribution in [3.63, 3.8) is 0 Å². The van der Waals surface area contributed by atoms with E-state index < -0.39 is 5.60 Å². The third-order valence-corrected chi connectivity index (χ3v) is 4.40. The number of ether oxygens (including phenoxy) is 3. The van der Waals surface area contributed by atoms with Crippen LogP contribution in [0, 0.1) is 0 Å². The van der Waals surface area contributed by atoms with E-state index in [2.05, 4.69) is 17.1 Å². The molecular formula is C18H29N3O4. The van der Waals surface area contributed by atoms with Crippen LogP contribution in [0.3, 0.4) is 0 Å². The largest absolute Gasteiger partial charge is 0.480 e. The number of carbonyl (C=O) groups is 1. The second kappa shape index (κ2) is 7.99.